The molecule has 0 saturated carbocycles. The second-order valence-electron chi connectivity index (χ2n) is 4.14. The molecule has 3 nitrogen and oxygen atoms in total. The molecule has 1 heterocycles. The molecule has 0 saturated heterocycles. The zero-order valence-corrected chi connectivity index (χ0v) is 11.3. The molecular formula is C13H16O3S. The van der Waals surface area contributed by atoms with Gasteiger partial charge in [0.2, 0.25) is 5.12 Å². The van der Waals surface area contributed by atoms with Crippen molar-refractivity contribution in [3.05, 3.63) is 35.6 Å². The van der Waals surface area contributed by atoms with E-state index < -0.39 is 10.7 Å². The molecule has 92 valence electrons. The third-order valence-corrected chi connectivity index (χ3v) is 3.69. The number of thioether (sulfide) groups is 1. The largest absolute Gasteiger partial charge is 0.429 e. The van der Waals surface area contributed by atoms with Gasteiger partial charge in [-0.25, -0.2) is 0 Å². The lowest BCUT2D eigenvalue weighted by Crippen LogP contribution is -2.21. The van der Waals surface area contributed by atoms with Crippen LogP contribution in [0.4, 0.5) is 0 Å². The Labute approximate surface area is 106 Å². The molecule has 0 aromatic heterocycles. The molecule has 4 heteroatoms. The molecule has 0 amide bonds. The summed E-state index contributed by atoms with van der Waals surface area (Å²) in [5, 5.41) is -0.0585. The van der Waals surface area contributed by atoms with Crippen LogP contribution in [0.15, 0.2) is 35.6 Å². The van der Waals surface area contributed by atoms with Gasteiger partial charge in [0.25, 0.3) is 0 Å². The zero-order chi connectivity index (χ0) is 13.2. The van der Waals surface area contributed by atoms with Crippen LogP contribution >= 0.6 is 11.8 Å². The monoisotopic (exact) mass is 252 g/mol. The number of hydrogen-bond acceptors (Lipinski definition) is 4. The van der Waals surface area contributed by atoms with Crippen molar-refractivity contribution in [2.24, 2.45) is 0 Å². The molecule has 1 aliphatic rings. The number of carbonyl (C=O) groups excluding carboxylic acids is 2. The molecule has 0 radical (unpaired) electrons. The van der Waals surface area contributed by atoms with E-state index in [9.17, 15) is 9.59 Å². The highest BCUT2D eigenvalue weighted by atomic mass is 32.2. The standard InChI is InChI=1S/C13H16O3S/c1-6-8(2)7-13(5)11(16-10(4)14)9(3)12(15)17-13/h6-7H,1H2,2-5H3/b8-7+/t13-/m1/s1. The number of ether oxygens (including phenoxy) is 1. The first-order valence-corrected chi connectivity index (χ1v) is 6.07. The van der Waals surface area contributed by atoms with Crippen molar-refractivity contribution in [2.75, 3.05) is 0 Å². The van der Waals surface area contributed by atoms with Crippen molar-refractivity contribution in [3.8, 4) is 0 Å². The van der Waals surface area contributed by atoms with Crippen molar-refractivity contribution in [3.63, 3.8) is 0 Å². The van der Waals surface area contributed by atoms with Gasteiger partial charge in [-0.15, -0.1) is 0 Å². The highest BCUT2D eigenvalue weighted by Crippen LogP contribution is 2.45. The average molecular weight is 252 g/mol. The summed E-state index contributed by atoms with van der Waals surface area (Å²) in [6, 6.07) is 0. The predicted octanol–water partition coefficient (Wildman–Crippen LogP) is 2.99. The number of esters is 1. The Hall–Kier alpha value is -1.29. The minimum Gasteiger partial charge on any atom is -0.429 e. The Morgan fingerprint density at radius 2 is 2.06 bits per heavy atom. The minimum atomic E-state index is -0.620. The fourth-order valence-electron chi connectivity index (χ4n) is 1.69. The number of hydrogen-bond donors (Lipinski definition) is 0. The number of carbonyl (C=O) groups is 2. The fourth-order valence-corrected chi connectivity index (χ4v) is 2.85. The summed E-state index contributed by atoms with van der Waals surface area (Å²) in [6.07, 6.45) is 3.59. The molecule has 0 aromatic carbocycles. The molecular weight excluding hydrogens is 236 g/mol. The van der Waals surface area contributed by atoms with Gasteiger partial charge in [-0.05, 0) is 20.8 Å². The highest BCUT2D eigenvalue weighted by molar-refractivity contribution is 8.16. The van der Waals surface area contributed by atoms with Crippen LogP contribution in [0.5, 0.6) is 0 Å². The summed E-state index contributed by atoms with van der Waals surface area (Å²) < 4.78 is 4.56. The molecule has 1 rings (SSSR count). The predicted molar refractivity (Wildman–Crippen MR) is 69.4 cm³/mol. The van der Waals surface area contributed by atoms with E-state index in [1.165, 1.54) is 6.92 Å². The second kappa shape index (κ2) is 4.92. The summed E-state index contributed by atoms with van der Waals surface area (Å²) >= 11 is 1.16. The lowest BCUT2D eigenvalue weighted by molar-refractivity contribution is -0.137. The number of rotatable bonds is 3. The molecule has 0 fully saturated rings. The molecule has 17 heavy (non-hydrogen) atoms. The van der Waals surface area contributed by atoms with Crippen molar-refractivity contribution >= 4 is 22.8 Å². The van der Waals surface area contributed by atoms with Crippen LogP contribution in [-0.4, -0.2) is 15.8 Å². The van der Waals surface area contributed by atoms with E-state index in [0.717, 1.165) is 17.3 Å². The maximum atomic E-state index is 11.7. The first-order chi connectivity index (χ1) is 7.80. The molecule has 0 unspecified atom stereocenters. The lowest BCUT2D eigenvalue weighted by atomic mass is 10.0. The first kappa shape index (κ1) is 13.8. The smallest absolute Gasteiger partial charge is 0.307 e. The van der Waals surface area contributed by atoms with E-state index in [4.69, 9.17) is 4.74 Å². The fraction of sp³-hybridized carbons (Fsp3) is 0.385. The maximum Gasteiger partial charge on any atom is 0.307 e. The highest BCUT2D eigenvalue weighted by Gasteiger charge is 2.42. The SMILES string of the molecule is C=C/C(C)=C/[C@@]1(C)SC(=O)C(C)=C1OC(C)=O. The maximum absolute atomic E-state index is 11.7. The van der Waals surface area contributed by atoms with E-state index in [1.54, 1.807) is 13.0 Å². The Kier molecular flexibility index (Phi) is 3.98. The van der Waals surface area contributed by atoms with Crippen LogP contribution < -0.4 is 0 Å². The first-order valence-electron chi connectivity index (χ1n) is 5.25. The van der Waals surface area contributed by atoms with Crippen LogP contribution in [0.25, 0.3) is 0 Å². The van der Waals surface area contributed by atoms with Gasteiger partial charge in [0.05, 0.1) is 4.75 Å². The van der Waals surface area contributed by atoms with E-state index in [2.05, 4.69) is 6.58 Å². The Morgan fingerprint density at radius 3 is 2.53 bits per heavy atom. The average Bonchev–Trinajstić information content (AvgIpc) is 2.41. The molecule has 0 aromatic rings. The topological polar surface area (TPSA) is 43.4 Å². The lowest BCUT2D eigenvalue weighted by Gasteiger charge is -2.21. The van der Waals surface area contributed by atoms with Gasteiger partial charge in [0.1, 0.15) is 5.76 Å². The van der Waals surface area contributed by atoms with Crippen LogP contribution in [0.1, 0.15) is 27.7 Å². The third-order valence-electron chi connectivity index (χ3n) is 2.47. The number of allylic oxidation sites excluding steroid dienone is 2. The van der Waals surface area contributed by atoms with E-state index >= 15 is 0 Å². The van der Waals surface area contributed by atoms with Crippen molar-refractivity contribution in [2.45, 2.75) is 32.4 Å². The summed E-state index contributed by atoms with van der Waals surface area (Å²) in [4.78, 5) is 22.8. The summed E-state index contributed by atoms with van der Waals surface area (Å²) in [7, 11) is 0. The minimum absolute atomic E-state index is 0.0585. The van der Waals surface area contributed by atoms with Crippen LogP contribution in [0.2, 0.25) is 0 Å². The normalized spacial score (nSPS) is 25.2. The van der Waals surface area contributed by atoms with Gasteiger partial charge < -0.3 is 4.74 Å². The summed E-state index contributed by atoms with van der Waals surface area (Å²) in [5.41, 5.74) is 1.44. The van der Waals surface area contributed by atoms with Gasteiger partial charge in [-0.2, -0.15) is 0 Å². The van der Waals surface area contributed by atoms with Crippen LogP contribution in [0, 0.1) is 0 Å². The van der Waals surface area contributed by atoms with Gasteiger partial charge in [-0.1, -0.05) is 36.1 Å². The van der Waals surface area contributed by atoms with Gasteiger partial charge in [0.15, 0.2) is 0 Å². The van der Waals surface area contributed by atoms with E-state index in [-0.39, 0.29) is 5.12 Å². The quantitative estimate of drug-likeness (QED) is 0.572. The molecule has 0 bridgehead atoms. The molecule has 0 spiro atoms. The van der Waals surface area contributed by atoms with Crippen molar-refractivity contribution < 1.29 is 14.3 Å². The van der Waals surface area contributed by atoms with Gasteiger partial charge >= 0.3 is 5.97 Å². The van der Waals surface area contributed by atoms with Gasteiger partial charge in [-0.3, -0.25) is 9.59 Å². The summed E-state index contributed by atoms with van der Waals surface area (Å²) in [6.45, 7) is 10.4. The Morgan fingerprint density at radius 1 is 1.47 bits per heavy atom. The van der Waals surface area contributed by atoms with Crippen LogP contribution in [0.3, 0.4) is 0 Å². The molecule has 1 atom stereocenters. The van der Waals surface area contributed by atoms with E-state index in [1.807, 2.05) is 19.9 Å². The zero-order valence-electron chi connectivity index (χ0n) is 10.5. The second-order valence-corrected chi connectivity index (χ2v) is 5.56. The summed E-state index contributed by atoms with van der Waals surface area (Å²) in [5.74, 6) is 0.0201. The molecule has 0 N–H and O–H groups in total. The Balaban J connectivity index is 3.21. The third kappa shape index (κ3) is 2.88. The van der Waals surface area contributed by atoms with Crippen molar-refractivity contribution in [1.29, 1.82) is 0 Å². The molecule has 1 aliphatic heterocycles. The molecule has 0 aliphatic carbocycles. The van der Waals surface area contributed by atoms with Crippen LogP contribution in [-0.2, 0) is 14.3 Å². The Bertz CT molecular complexity index is 446. The van der Waals surface area contributed by atoms with Crippen molar-refractivity contribution in [1.82, 2.24) is 0 Å². The van der Waals surface area contributed by atoms with E-state index in [0.29, 0.717) is 11.3 Å². The van der Waals surface area contributed by atoms with Gasteiger partial charge in [0, 0.05) is 12.5 Å².